The van der Waals surface area contributed by atoms with Crippen molar-refractivity contribution >= 4 is 11.7 Å². The molecule has 138 valence electrons. The van der Waals surface area contributed by atoms with Gasteiger partial charge in [-0.05, 0) is 38.1 Å². The molecule has 7 nitrogen and oxygen atoms in total. The molecule has 0 spiro atoms. The summed E-state index contributed by atoms with van der Waals surface area (Å²) >= 11 is 0. The minimum absolute atomic E-state index is 0.0242. The number of rotatable bonds is 7. The standard InChI is InChI=1S/C19H22N2O5/c1-13(2)26-16-6-4-3-5-15(16)21-19(22)20-9-10-23-14-7-8-17-18(11-14)25-12-24-17/h3-8,11,13H,9-10,12H2,1-2H3,(H2,20,21,22). The van der Waals surface area contributed by atoms with E-state index < -0.39 is 0 Å². The average Bonchev–Trinajstić information content (AvgIpc) is 3.08. The molecule has 1 aliphatic rings. The van der Waals surface area contributed by atoms with Crippen LogP contribution in [0.25, 0.3) is 0 Å². The lowest BCUT2D eigenvalue weighted by atomic mass is 10.3. The van der Waals surface area contributed by atoms with Crippen molar-refractivity contribution in [2.45, 2.75) is 20.0 Å². The molecule has 26 heavy (non-hydrogen) atoms. The predicted molar refractivity (Wildman–Crippen MR) is 97.3 cm³/mol. The lowest BCUT2D eigenvalue weighted by Crippen LogP contribution is -2.32. The van der Waals surface area contributed by atoms with Crippen molar-refractivity contribution in [2.75, 3.05) is 25.3 Å². The molecule has 7 heteroatoms. The Kier molecular flexibility index (Phi) is 5.68. The van der Waals surface area contributed by atoms with Crippen LogP contribution in [0.3, 0.4) is 0 Å². The molecule has 0 saturated carbocycles. The van der Waals surface area contributed by atoms with E-state index in [1.54, 1.807) is 24.3 Å². The number of carbonyl (C=O) groups is 1. The second-order valence-electron chi connectivity index (χ2n) is 5.91. The van der Waals surface area contributed by atoms with Crippen LogP contribution in [-0.2, 0) is 0 Å². The number of anilines is 1. The summed E-state index contributed by atoms with van der Waals surface area (Å²) in [6.45, 7) is 4.78. The minimum Gasteiger partial charge on any atom is -0.492 e. The summed E-state index contributed by atoms with van der Waals surface area (Å²) in [7, 11) is 0. The van der Waals surface area contributed by atoms with Crippen molar-refractivity contribution in [1.29, 1.82) is 0 Å². The molecule has 2 aromatic rings. The van der Waals surface area contributed by atoms with Gasteiger partial charge in [-0.15, -0.1) is 0 Å². The fourth-order valence-corrected chi connectivity index (χ4v) is 2.39. The predicted octanol–water partition coefficient (Wildman–Crippen LogP) is 3.40. The molecule has 1 aliphatic heterocycles. The Balaban J connectivity index is 1.43. The molecular weight excluding hydrogens is 336 g/mol. The van der Waals surface area contributed by atoms with E-state index in [4.69, 9.17) is 18.9 Å². The number of carbonyl (C=O) groups excluding carboxylic acids is 1. The number of amides is 2. The van der Waals surface area contributed by atoms with Crippen LogP contribution < -0.4 is 29.6 Å². The third kappa shape index (κ3) is 4.72. The van der Waals surface area contributed by atoms with E-state index in [0.29, 0.717) is 41.8 Å². The minimum atomic E-state index is -0.320. The van der Waals surface area contributed by atoms with Crippen molar-refractivity contribution in [2.24, 2.45) is 0 Å². The van der Waals surface area contributed by atoms with E-state index in [2.05, 4.69) is 10.6 Å². The van der Waals surface area contributed by atoms with Gasteiger partial charge in [-0.25, -0.2) is 4.79 Å². The van der Waals surface area contributed by atoms with Gasteiger partial charge < -0.3 is 29.6 Å². The molecule has 2 N–H and O–H groups in total. The van der Waals surface area contributed by atoms with Crippen molar-refractivity contribution in [3.8, 4) is 23.0 Å². The Labute approximate surface area is 152 Å². The van der Waals surface area contributed by atoms with Crippen LogP contribution in [0.5, 0.6) is 23.0 Å². The number of urea groups is 1. The summed E-state index contributed by atoms with van der Waals surface area (Å²) in [5.74, 6) is 2.66. The van der Waals surface area contributed by atoms with Crippen LogP contribution in [0.4, 0.5) is 10.5 Å². The fourth-order valence-electron chi connectivity index (χ4n) is 2.39. The van der Waals surface area contributed by atoms with E-state index in [1.807, 2.05) is 32.0 Å². The molecule has 0 bridgehead atoms. The highest BCUT2D eigenvalue weighted by Gasteiger charge is 2.13. The quantitative estimate of drug-likeness (QED) is 0.742. The van der Waals surface area contributed by atoms with Crippen molar-refractivity contribution in [3.63, 3.8) is 0 Å². The third-order valence-corrected chi connectivity index (χ3v) is 3.50. The lowest BCUT2D eigenvalue weighted by molar-refractivity contribution is 0.173. The van der Waals surface area contributed by atoms with Gasteiger partial charge in [0.25, 0.3) is 0 Å². The number of nitrogens with one attached hydrogen (secondary N) is 2. The lowest BCUT2D eigenvalue weighted by Gasteiger charge is -2.15. The molecule has 0 aromatic heterocycles. The van der Waals surface area contributed by atoms with E-state index in [0.717, 1.165) is 0 Å². The first-order chi connectivity index (χ1) is 12.6. The third-order valence-electron chi connectivity index (χ3n) is 3.50. The van der Waals surface area contributed by atoms with E-state index in [1.165, 1.54) is 0 Å². The Morgan fingerprint density at radius 2 is 1.96 bits per heavy atom. The summed E-state index contributed by atoms with van der Waals surface area (Å²) in [6, 6.07) is 12.3. The topological polar surface area (TPSA) is 78.1 Å². The molecule has 3 rings (SSSR count). The van der Waals surface area contributed by atoms with Gasteiger partial charge in [0, 0.05) is 6.07 Å². The van der Waals surface area contributed by atoms with Gasteiger partial charge in [-0.2, -0.15) is 0 Å². The smallest absolute Gasteiger partial charge is 0.319 e. The SMILES string of the molecule is CC(C)Oc1ccccc1NC(=O)NCCOc1ccc2c(c1)OCO2. The number of benzene rings is 2. The largest absolute Gasteiger partial charge is 0.492 e. The summed E-state index contributed by atoms with van der Waals surface area (Å²) in [4.78, 5) is 12.0. The Bertz CT molecular complexity index is 763. The first-order valence-corrected chi connectivity index (χ1v) is 8.45. The molecule has 2 amide bonds. The molecule has 2 aromatic carbocycles. The van der Waals surface area contributed by atoms with Crippen molar-refractivity contribution < 1.29 is 23.7 Å². The molecule has 0 saturated heterocycles. The second kappa shape index (κ2) is 8.33. The summed E-state index contributed by atoms with van der Waals surface area (Å²) in [6.07, 6.45) is 0.0242. The molecule has 1 heterocycles. The van der Waals surface area contributed by atoms with Gasteiger partial charge in [0.05, 0.1) is 18.3 Å². The van der Waals surface area contributed by atoms with Crippen LogP contribution in [0.1, 0.15) is 13.8 Å². The highest BCUT2D eigenvalue weighted by molar-refractivity contribution is 5.90. The Morgan fingerprint density at radius 1 is 1.15 bits per heavy atom. The van der Waals surface area contributed by atoms with E-state index in [9.17, 15) is 4.79 Å². The van der Waals surface area contributed by atoms with Crippen LogP contribution >= 0.6 is 0 Å². The van der Waals surface area contributed by atoms with Gasteiger partial charge in [0.1, 0.15) is 18.1 Å². The first kappa shape index (κ1) is 17.7. The van der Waals surface area contributed by atoms with Crippen LogP contribution in [0.15, 0.2) is 42.5 Å². The molecule has 0 atom stereocenters. The maximum Gasteiger partial charge on any atom is 0.319 e. The van der Waals surface area contributed by atoms with Gasteiger partial charge in [-0.3, -0.25) is 0 Å². The number of hydrogen-bond donors (Lipinski definition) is 2. The van der Waals surface area contributed by atoms with Crippen LogP contribution in [0.2, 0.25) is 0 Å². The molecule has 0 radical (unpaired) electrons. The number of ether oxygens (including phenoxy) is 4. The maximum absolute atomic E-state index is 12.0. The molecule has 0 unspecified atom stereocenters. The highest BCUT2D eigenvalue weighted by Crippen LogP contribution is 2.35. The van der Waals surface area contributed by atoms with E-state index >= 15 is 0 Å². The monoisotopic (exact) mass is 358 g/mol. The van der Waals surface area contributed by atoms with E-state index in [-0.39, 0.29) is 18.9 Å². The Morgan fingerprint density at radius 3 is 2.81 bits per heavy atom. The van der Waals surface area contributed by atoms with Crippen molar-refractivity contribution in [3.05, 3.63) is 42.5 Å². The Hall–Kier alpha value is -3.09. The van der Waals surface area contributed by atoms with Gasteiger partial charge in [0.2, 0.25) is 6.79 Å². The van der Waals surface area contributed by atoms with Gasteiger partial charge >= 0.3 is 6.03 Å². The number of para-hydroxylation sites is 2. The number of hydrogen-bond acceptors (Lipinski definition) is 5. The second-order valence-corrected chi connectivity index (χ2v) is 5.91. The van der Waals surface area contributed by atoms with Gasteiger partial charge in [0.15, 0.2) is 11.5 Å². The summed E-state index contributed by atoms with van der Waals surface area (Å²) in [5.41, 5.74) is 0.621. The molecule has 0 fully saturated rings. The zero-order chi connectivity index (χ0) is 18.4. The zero-order valence-electron chi connectivity index (χ0n) is 14.8. The van der Waals surface area contributed by atoms with Crippen LogP contribution in [0, 0.1) is 0 Å². The average molecular weight is 358 g/mol. The summed E-state index contributed by atoms with van der Waals surface area (Å²) in [5, 5.41) is 5.53. The van der Waals surface area contributed by atoms with Crippen molar-refractivity contribution in [1.82, 2.24) is 5.32 Å². The molecular formula is C19H22N2O5. The zero-order valence-corrected chi connectivity index (χ0v) is 14.8. The maximum atomic E-state index is 12.0. The summed E-state index contributed by atoms with van der Waals surface area (Å²) < 4.78 is 21.8. The number of fused-ring (bicyclic) bond motifs is 1. The molecule has 0 aliphatic carbocycles. The normalized spacial score (nSPS) is 12.0. The van der Waals surface area contributed by atoms with Crippen LogP contribution in [-0.4, -0.2) is 32.1 Å². The highest BCUT2D eigenvalue weighted by atomic mass is 16.7. The van der Waals surface area contributed by atoms with Gasteiger partial charge in [-0.1, -0.05) is 12.1 Å². The first-order valence-electron chi connectivity index (χ1n) is 8.45. The fraction of sp³-hybridized carbons (Fsp3) is 0.316.